The molecule has 0 amide bonds. The van der Waals surface area contributed by atoms with Crippen LogP contribution in [0.15, 0.2) is 18.2 Å². The molecule has 2 rings (SSSR count). The Labute approximate surface area is 115 Å². The number of benzene rings is 1. The molecule has 1 aliphatic heterocycles. The zero-order valence-corrected chi connectivity index (χ0v) is 12.1. The molecule has 18 heavy (non-hydrogen) atoms. The normalized spacial score (nSPS) is 23.0. The standard InChI is InChI=1S/C15H23ClN2/c1-11-9-14(16)7-6-13(11)10-18-8-4-3-5-15(18)12(2)17/h6-7,9,12,15H,3-5,8,10,17H2,1-2H3. The predicted octanol–water partition coefficient (Wildman–Crippen LogP) is 3.35. The van der Waals surface area contributed by atoms with E-state index in [2.05, 4.69) is 24.8 Å². The van der Waals surface area contributed by atoms with Gasteiger partial charge in [0.15, 0.2) is 0 Å². The van der Waals surface area contributed by atoms with Crippen LogP contribution in [0, 0.1) is 6.92 Å². The van der Waals surface area contributed by atoms with E-state index in [4.69, 9.17) is 17.3 Å². The Hall–Kier alpha value is -0.570. The molecule has 2 unspecified atom stereocenters. The first-order valence-electron chi connectivity index (χ1n) is 6.82. The van der Waals surface area contributed by atoms with Crippen LogP contribution in [0.2, 0.25) is 5.02 Å². The Morgan fingerprint density at radius 3 is 2.89 bits per heavy atom. The van der Waals surface area contributed by atoms with Crippen molar-refractivity contribution in [1.82, 2.24) is 4.90 Å². The third kappa shape index (κ3) is 3.25. The number of hydrogen-bond donors (Lipinski definition) is 1. The summed E-state index contributed by atoms with van der Waals surface area (Å²) in [7, 11) is 0. The van der Waals surface area contributed by atoms with Gasteiger partial charge < -0.3 is 5.73 Å². The summed E-state index contributed by atoms with van der Waals surface area (Å²) < 4.78 is 0. The number of hydrogen-bond acceptors (Lipinski definition) is 2. The van der Waals surface area contributed by atoms with Crippen molar-refractivity contribution in [1.29, 1.82) is 0 Å². The molecule has 0 radical (unpaired) electrons. The second-order valence-electron chi connectivity index (χ2n) is 5.46. The fourth-order valence-electron chi connectivity index (χ4n) is 2.86. The summed E-state index contributed by atoms with van der Waals surface area (Å²) >= 11 is 6.01. The molecule has 1 fully saturated rings. The third-order valence-electron chi connectivity index (χ3n) is 3.95. The molecule has 0 spiro atoms. The maximum atomic E-state index is 6.11. The molecule has 1 aliphatic rings. The van der Waals surface area contributed by atoms with Crippen molar-refractivity contribution in [2.24, 2.45) is 5.73 Å². The van der Waals surface area contributed by atoms with Gasteiger partial charge in [-0.1, -0.05) is 24.1 Å². The SMILES string of the molecule is Cc1cc(Cl)ccc1CN1CCCCC1C(C)N. The summed E-state index contributed by atoms with van der Waals surface area (Å²) in [6, 6.07) is 6.94. The quantitative estimate of drug-likeness (QED) is 0.909. The Morgan fingerprint density at radius 2 is 2.22 bits per heavy atom. The van der Waals surface area contributed by atoms with E-state index in [-0.39, 0.29) is 6.04 Å². The molecule has 2 N–H and O–H groups in total. The van der Waals surface area contributed by atoms with Crippen LogP contribution in [0.3, 0.4) is 0 Å². The number of aryl methyl sites for hydroxylation is 1. The lowest BCUT2D eigenvalue weighted by Gasteiger charge is -2.38. The Morgan fingerprint density at radius 1 is 1.44 bits per heavy atom. The zero-order chi connectivity index (χ0) is 13.1. The molecule has 0 aromatic heterocycles. The lowest BCUT2D eigenvalue weighted by Crippen LogP contribution is -2.48. The first kappa shape index (κ1) is 13.9. The van der Waals surface area contributed by atoms with Crippen molar-refractivity contribution in [2.45, 2.75) is 51.7 Å². The Balaban J connectivity index is 2.11. The second-order valence-corrected chi connectivity index (χ2v) is 5.90. The van der Waals surface area contributed by atoms with Crippen LogP contribution < -0.4 is 5.73 Å². The highest BCUT2D eigenvalue weighted by Gasteiger charge is 2.25. The third-order valence-corrected chi connectivity index (χ3v) is 4.18. The van der Waals surface area contributed by atoms with Gasteiger partial charge in [-0.15, -0.1) is 0 Å². The lowest BCUT2D eigenvalue weighted by molar-refractivity contribution is 0.123. The van der Waals surface area contributed by atoms with Crippen LogP contribution in [0.4, 0.5) is 0 Å². The summed E-state index contributed by atoms with van der Waals surface area (Å²) in [4.78, 5) is 2.53. The maximum Gasteiger partial charge on any atom is 0.0408 e. The van der Waals surface area contributed by atoms with Gasteiger partial charge in [0.1, 0.15) is 0 Å². The summed E-state index contributed by atoms with van der Waals surface area (Å²) in [6.07, 6.45) is 3.82. The second kappa shape index (κ2) is 6.05. The monoisotopic (exact) mass is 266 g/mol. The van der Waals surface area contributed by atoms with Crippen molar-refractivity contribution in [3.8, 4) is 0 Å². The van der Waals surface area contributed by atoms with Crippen molar-refractivity contribution >= 4 is 11.6 Å². The van der Waals surface area contributed by atoms with E-state index < -0.39 is 0 Å². The van der Waals surface area contributed by atoms with Crippen molar-refractivity contribution in [3.05, 3.63) is 34.3 Å². The van der Waals surface area contributed by atoms with E-state index in [1.54, 1.807) is 0 Å². The number of rotatable bonds is 3. The van der Waals surface area contributed by atoms with Gasteiger partial charge in [0, 0.05) is 23.7 Å². The van der Waals surface area contributed by atoms with E-state index in [9.17, 15) is 0 Å². The van der Waals surface area contributed by atoms with Gasteiger partial charge in [-0.05, 0) is 56.5 Å². The molecule has 0 bridgehead atoms. The molecular formula is C15H23ClN2. The van der Waals surface area contributed by atoms with Crippen molar-refractivity contribution < 1.29 is 0 Å². The highest BCUT2D eigenvalue weighted by atomic mass is 35.5. The molecule has 2 atom stereocenters. The highest BCUT2D eigenvalue weighted by Crippen LogP contribution is 2.23. The number of likely N-dealkylation sites (tertiary alicyclic amines) is 1. The van der Waals surface area contributed by atoms with E-state index in [1.807, 2.05) is 12.1 Å². The lowest BCUT2D eigenvalue weighted by atomic mass is 9.96. The Bertz CT molecular complexity index is 403. The minimum absolute atomic E-state index is 0.248. The van der Waals surface area contributed by atoms with Gasteiger partial charge >= 0.3 is 0 Å². The van der Waals surface area contributed by atoms with Crippen LogP contribution in [-0.4, -0.2) is 23.5 Å². The molecule has 1 aromatic carbocycles. The fraction of sp³-hybridized carbons (Fsp3) is 0.600. The summed E-state index contributed by atoms with van der Waals surface area (Å²) in [5, 5.41) is 0.818. The van der Waals surface area contributed by atoms with Crippen molar-refractivity contribution in [2.75, 3.05) is 6.54 Å². The smallest absolute Gasteiger partial charge is 0.0408 e. The number of piperidine rings is 1. The molecule has 0 saturated carbocycles. The van der Waals surface area contributed by atoms with Crippen LogP contribution in [0.5, 0.6) is 0 Å². The molecule has 100 valence electrons. The van der Waals surface area contributed by atoms with Crippen LogP contribution in [0.1, 0.15) is 37.3 Å². The molecule has 1 aromatic rings. The average Bonchev–Trinajstić information content (AvgIpc) is 2.33. The van der Waals surface area contributed by atoms with Gasteiger partial charge in [-0.25, -0.2) is 0 Å². The van der Waals surface area contributed by atoms with Crippen LogP contribution >= 0.6 is 11.6 Å². The fourth-order valence-corrected chi connectivity index (χ4v) is 3.09. The topological polar surface area (TPSA) is 29.3 Å². The largest absolute Gasteiger partial charge is 0.327 e. The van der Waals surface area contributed by atoms with Crippen LogP contribution in [-0.2, 0) is 6.54 Å². The van der Waals surface area contributed by atoms with E-state index in [1.165, 1.54) is 30.4 Å². The number of halogens is 1. The molecule has 1 saturated heterocycles. The van der Waals surface area contributed by atoms with Gasteiger partial charge in [0.25, 0.3) is 0 Å². The minimum Gasteiger partial charge on any atom is -0.327 e. The first-order valence-corrected chi connectivity index (χ1v) is 7.20. The molecule has 1 heterocycles. The predicted molar refractivity (Wildman–Crippen MR) is 77.9 cm³/mol. The molecule has 2 nitrogen and oxygen atoms in total. The number of nitrogens with two attached hydrogens (primary N) is 1. The van der Waals surface area contributed by atoms with E-state index in [0.29, 0.717) is 6.04 Å². The van der Waals surface area contributed by atoms with Crippen molar-refractivity contribution in [3.63, 3.8) is 0 Å². The van der Waals surface area contributed by atoms with Gasteiger partial charge in [-0.2, -0.15) is 0 Å². The van der Waals surface area contributed by atoms with E-state index in [0.717, 1.165) is 18.1 Å². The van der Waals surface area contributed by atoms with E-state index >= 15 is 0 Å². The average molecular weight is 267 g/mol. The summed E-state index contributed by atoms with van der Waals surface area (Å²) in [5.41, 5.74) is 8.75. The minimum atomic E-state index is 0.248. The highest BCUT2D eigenvalue weighted by molar-refractivity contribution is 6.30. The maximum absolute atomic E-state index is 6.11. The van der Waals surface area contributed by atoms with Crippen LogP contribution in [0.25, 0.3) is 0 Å². The molecular weight excluding hydrogens is 244 g/mol. The van der Waals surface area contributed by atoms with Gasteiger partial charge in [-0.3, -0.25) is 4.90 Å². The Kier molecular flexibility index (Phi) is 4.66. The van der Waals surface area contributed by atoms with Gasteiger partial charge in [0.05, 0.1) is 0 Å². The number of nitrogens with zero attached hydrogens (tertiary/aromatic N) is 1. The zero-order valence-electron chi connectivity index (χ0n) is 11.3. The first-order chi connectivity index (χ1) is 8.58. The summed E-state index contributed by atoms with van der Waals surface area (Å²) in [5.74, 6) is 0. The summed E-state index contributed by atoms with van der Waals surface area (Å²) in [6.45, 7) is 6.41. The van der Waals surface area contributed by atoms with Gasteiger partial charge in [0.2, 0.25) is 0 Å². The molecule has 0 aliphatic carbocycles. The molecule has 3 heteroatoms.